The predicted octanol–water partition coefficient (Wildman–Crippen LogP) is 3.55. The molecule has 1 aliphatic heterocycles. The Morgan fingerprint density at radius 1 is 1.36 bits per heavy atom. The summed E-state index contributed by atoms with van der Waals surface area (Å²) in [5, 5.41) is 8.78. The lowest BCUT2D eigenvalue weighted by Crippen LogP contribution is -2.05. The first kappa shape index (κ1) is 18.6. The van der Waals surface area contributed by atoms with Crippen molar-refractivity contribution in [3.63, 3.8) is 0 Å². The molecule has 1 aromatic rings. The van der Waals surface area contributed by atoms with Gasteiger partial charge in [0.25, 0.3) is 0 Å². The van der Waals surface area contributed by atoms with Crippen molar-refractivity contribution < 1.29 is 24.2 Å². The molecule has 0 saturated heterocycles. The number of aliphatic carboxylic acids is 1. The van der Waals surface area contributed by atoms with E-state index in [1.165, 1.54) is 0 Å². The SMILES string of the molecule is CCc1c(C)c2c(c(N=C=O)c1C/C=C(\C)CCC(=O)O)C(=O)OC2. The molecular formula is C19H21NO5. The summed E-state index contributed by atoms with van der Waals surface area (Å²) in [6.45, 7) is 6.01. The zero-order chi connectivity index (χ0) is 18.6. The number of esters is 1. The quantitative estimate of drug-likeness (QED) is 0.354. The number of rotatable bonds is 7. The van der Waals surface area contributed by atoms with E-state index in [-0.39, 0.29) is 13.0 Å². The predicted molar refractivity (Wildman–Crippen MR) is 91.8 cm³/mol. The van der Waals surface area contributed by atoms with E-state index in [0.29, 0.717) is 24.1 Å². The second-order valence-corrected chi connectivity index (χ2v) is 6.07. The molecule has 0 aromatic heterocycles. The number of carbonyl (C=O) groups is 2. The summed E-state index contributed by atoms with van der Waals surface area (Å²) in [4.78, 5) is 37.5. The lowest BCUT2D eigenvalue weighted by molar-refractivity contribution is -0.136. The van der Waals surface area contributed by atoms with E-state index in [0.717, 1.165) is 34.2 Å². The van der Waals surface area contributed by atoms with Gasteiger partial charge in [-0.25, -0.2) is 9.59 Å². The Kier molecular flexibility index (Phi) is 5.88. The second kappa shape index (κ2) is 7.90. The Morgan fingerprint density at radius 2 is 2.08 bits per heavy atom. The van der Waals surface area contributed by atoms with E-state index in [4.69, 9.17) is 9.84 Å². The van der Waals surface area contributed by atoms with Crippen molar-refractivity contribution in [1.82, 2.24) is 0 Å². The third-order valence-corrected chi connectivity index (χ3v) is 4.54. The summed E-state index contributed by atoms with van der Waals surface area (Å²) < 4.78 is 5.13. The van der Waals surface area contributed by atoms with Crippen molar-refractivity contribution in [3.8, 4) is 0 Å². The number of hydrogen-bond acceptors (Lipinski definition) is 5. The summed E-state index contributed by atoms with van der Waals surface area (Å²) in [5.74, 6) is -1.31. The molecular weight excluding hydrogens is 322 g/mol. The van der Waals surface area contributed by atoms with Gasteiger partial charge in [-0.2, -0.15) is 4.99 Å². The average Bonchev–Trinajstić information content (AvgIpc) is 2.96. The minimum absolute atomic E-state index is 0.0673. The van der Waals surface area contributed by atoms with Crippen LogP contribution in [0, 0.1) is 6.92 Å². The van der Waals surface area contributed by atoms with Crippen LogP contribution in [0.25, 0.3) is 0 Å². The van der Waals surface area contributed by atoms with Crippen LogP contribution in [0.15, 0.2) is 16.6 Å². The van der Waals surface area contributed by atoms with Crippen LogP contribution in [0.1, 0.15) is 59.3 Å². The highest BCUT2D eigenvalue weighted by molar-refractivity contribution is 6.00. The number of carboxylic acid groups (broad SMARTS) is 1. The summed E-state index contributed by atoms with van der Waals surface area (Å²) in [7, 11) is 0. The molecule has 1 aromatic carbocycles. The molecule has 6 nitrogen and oxygen atoms in total. The van der Waals surface area contributed by atoms with Crippen LogP contribution in [0.2, 0.25) is 0 Å². The lowest BCUT2D eigenvalue weighted by Gasteiger charge is -2.16. The van der Waals surface area contributed by atoms with E-state index in [1.807, 2.05) is 26.8 Å². The van der Waals surface area contributed by atoms with Crippen molar-refractivity contribution >= 4 is 23.7 Å². The number of fused-ring (bicyclic) bond motifs is 1. The highest BCUT2D eigenvalue weighted by Crippen LogP contribution is 2.39. The Bertz CT molecular complexity index is 801. The maximum absolute atomic E-state index is 12.1. The van der Waals surface area contributed by atoms with Crippen LogP contribution in [0.4, 0.5) is 5.69 Å². The third kappa shape index (κ3) is 3.86. The van der Waals surface area contributed by atoms with Gasteiger partial charge in [0, 0.05) is 12.0 Å². The molecule has 0 atom stereocenters. The van der Waals surface area contributed by atoms with Gasteiger partial charge in [-0.05, 0) is 49.8 Å². The fourth-order valence-corrected chi connectivity index (χ4v) is 3.19. The molecule has 1 heterocycles. The molecule has 132 valence electrons. The van der Waals surface area contributed by atoms with Crippen molar-refractivity contribution in [3.05, 3.63) is 39.5 Å². The maximum atomic E-state index is 12.1. The first-order valence-electron chi connectivity index (χ1n) is 8.20. The standard InChI is InChI=1S/C19H21NO5/c1-4-13-12(3)15-9-25-19(24)17(15)18(20-10-21)14(13)7-5-11(2)6-8-16(22)23/h5H,4,6-9H2,1-3H3,(H,22,23)/b11-5+. The average molecular weight is 343 g/mol. The summed E-state index contributed by atoms with van der Waals surface area (Å²) in [6, 6.07) is 0. The third-order valence-electron chi connectivity index (χ3n) is 4.54. The normalized spacial score (nSPS) is 13.2. The Balaban J connectivity index is 2.52. The number of isocyanates is 1. The number of carboxylic acids is 1. The molecule has 6 heteroatoms. The molecule has 0 amide bonds. The van der Waals surface area contributed by atoms with Crippen LogP contribution in [0.5, 0.6) is 0 Å². The first-order valence-corrected chi connectivity index (χ1v) is 8.20. The van der Waals surface area contributed by atoms with E-state index in [1.54, 1.807) is 6.08 Å². The number of nitrogens with zero attached hydrogens (tertiary/aromatic N) is 1. The van der Waals surface area contributed by atoms with Crippen molar-refractivity contribution in [2.75, 3.05) is 0 Å². The fourth-order valence-electron chi connectivity index (χ4n) is 3.19. The maximum Gasteiger partial charge on any atom is 0.341 e. The van der Waals surface area contributed by atoms with Crippen LogP contribution in [-0.2, 0) is 33.8 Å². The van der Waals surface area contributed by atoms with Crippen molar-refractivity contribution in [2.24, 2.45) is 4.99 Å². The molecule has 0 spiro atoms. The van der Waals surface area contributed by atoms with Crippen LogP contribution in [-0.4, -0.2) is 23.1 Å². The van der Waals surface area contributed by atoms with Gasteiger partial charge in [0.05, 0.1) is 11.3 Å². The number of hydrogen-bond donors (Lipinski definition) is 1. The summed E-state index contributed by atoms with van der Waals surface area (Å²) >= 11 is 0. The molecule has 0 radical (unpaired) electrons. The molecule has 0 bridgehead atoms. The van der Waals surface area contributed by atoms with Gasteiger partial charge in [0.15, 0.2) is 0 Å². The number of benzene rings is 1. The van der Waals surface area contributed by atoms with Gasteiger partial charge in [-0.15, -0.1) is 0 Å². The Labute approximate surface area is 146 Å². The largest absolute Gasteiger partial charge is 0.481 e. The molecule has 25 heavy (non-hydrogen) atoms. The minimum Gasteiger partial charge on any atom is -0.481 e. The summed E-state index contributed by atoms with van der Waals surface area (Å²) in [5.41, 5.74) is 5.23. The molecule has 0 aliphatic carbocycles. The highest BCUT2D eigenvalue weighted by Gasteiger charge is 2.30. The monoisotopic (exact) mass is 343 g/mol. The molecule has 2 rings (SSSR count). The zero-order valence-corrected chi connectivity index (χ0v) is 14.6. The van der Waals surface area contributed by atoms with E-state index in [2.05, 4.69) is 4.99 Å². The highest BCUT2D eigenvalue weighted by atomic mass is 16.5. The zero-order valence-electron chi connectivity index (χ0n) is 14.6. The minimum atomic E-state index is -0.843. The van der Waals surface area contributed by atoms with Gasteiger partial charge in [0.2, 0.25) is 6.08 Å². The number of allylic oxidation sites excluding steroid dienone is 2. The summed E-state index contributed by atoms with van der Waals surface area (Å²) in [6.07, 6.45) is 5.18. The molecule has 0 unspecified atom stereocenters. The van der Waals surface area contributed by atoms with E-state index in [9.17, 15) is 14.4 Å². The number of ether oxygens (including phenoxy) is 1. The first-order chi connectivity index (χ1) is 11.9. The van der Waals surface area contributed by atoms with Gasteiger partial charge < -0.3 is 9.84 Å². The Hall–Kier alpha value is -2.72. The van der Waals surface area contributed by atoms with Gasteiger partial charge in [0.1, 0.15) is 6.61 Å². The molecule has 0 fully saturated rings. The molecule has 0 saturated carbocycles. The van der Waals surface area contributed by atoms with E-state index >= 15 is 0 Å². The smallest absolute Gasteiger partial charge is 0.341 e. The van der Waals surface area contributed by atoms with Gasteiger partial charge in [-0.1, -0.05) is 18.6 Å². The van der Waals surface area contributed by atoms with Crippen LogP contribution in [0.3, 0.4) is 0 Å². The van der Waals surface area contributed by atoms with Gasteiger partial charge >= 0.3 is 11.9 Å². The van der Waals surface area contributed by atoms with E-state index < -0.39 is 11.9 Å². The van der Waals surface area contributed by atoms with Crippen LogP contribution >= 0.6 is 0 Å². The number of aliphatic imine (C=N–C) groups is 1. The topological polar surface area (TPSA) is 93.0 Å². The second-order valence-electron chi connectivity index (χ2n) is 6.07. The van der Waals surface area contributed by atoms with Crippen molar-refractivity contribution in [2.45, 2.75) is 53.1 Å². The van der Waals surface area contributed by atoms with Gasteiger partial charge in [-0.3, -0.25) is 4.79 Å². The number of cyclic esters (lactones) is 1. The lowest BCUT2D eigenvalue weighted by atomic mass is 9.88. The fraction of sp³-hybridized carbons (Fsp3) is 0.421. The van der Waals surface area contributed by atoms with Crippen molar-refractivity contribution in [1.29, 1.82) is 0 Å². The van der Waals surface area contributed by atoms with Crippen LogP contribution < -0.4 is 0 Å². The Morgan fingerprint density at radius 3 is 2.68 bits per heavy atom. The molecule has 1 N–H and O–H groups in total. The number of carbonyl (C=O) groups excluding carboxylic acids is 2. The molecule has 1 aliphatic rings.